The highest BCUT2D eigenvalue weighted by Crippen LogP contribution is 2.22. The van der Waals surface area contributed by atoms with Gasteiger partial charge in [0.2, 0.25) is 0 Å². The maximum absolute atomic E-state index is 5.62. The molecular formula is C13H14BrN3O. The summed E-state index contributed by atoms with van der Waals surface area (Å²) in [5.41, 5.74) is 0.890. The molecule has 1 N–H and O–H groups in total. The minimum absolute atomic E-state index is 0.354. The first-order valence-electron chi connectivity index (χ1n) is 5.59. The lowest BCUT2D eigenvalue weighted by molar-refractivity contribution is 0.295. The van der Waals surface area contributed by atoms with E-state index in [9.17, 15) is 0 Å². The highest BCUT2D eigenvalue weighted by molar-refractivity contribution is 9.10. The number of nitrogens with one attached hydrogen (secondary N) is 1. The molecule has 4 nitrogen and oxygen atoms in total. The van der Waals surface area contributed by atoms with E-state index < -0.39 is 0 Å². The summed E-state index contributed by atoms with van der Waals surface area (Å²) in [6, 6.07) is 9.63. The molecule has 5 heteroatoms. The van der Waals surface area contributed by atoms with E-state index >= 15 is 0 Å². The van der Waals surface area contributed by atoms with Crippen LogP contribution in [0.5, 0.6) is 5.75 Å². The Labute approximate surface area is 115 Å². The summed E-state index contributed by atoms with van der Waals surface area (Å²) >= 11 is 3.44. The van der Waals surface area contributed by atoms with Gasteiger partial charge in [-0.25, -0.2) is 9.97 Å². The van der Waals surface area contributed by atoms with Crippen LogP contribution in [0.1, 0.15) is 11.5 Å². The van der Waals surface area contributed by atoms with Gasteiger partial charge in [0.1, 0.15) is 18.2 Å². The molecule has 1 aromatic heterocycles. The van der Waals surface area contributed by atoms with Crippen LogP contribution in [0.3, 0.4) is 0 Å². The quantitative estimate of drug-likeness (QED) is 0.942. The zero-order chi connectivity index (χ0) is 13.0. The molecule has 0 spiro atoms. The smallest absolute Gasteiger partial charge is 0.168 e. The fourth-order valence-corrected chi connectivity index (χ4v) is 1.89. The minimum atomic E-state index is 0.354. The van der Waals surface area contributed by atoms with E-state index in [0.29, 0.717) is 12.4 Å². The van der Waals surface area contributed by atoms with Gasteiger partial charge in [0.25, 0.3) is 0 Å². The van der Waals surface area contributed by atoms with Crippen molar-refractivity contribution in [3.8, 4) is 5.75 Å². The lowest BCUT2D eigenvalue weighted by atomic mass is 10.3. The number of para-hydroxylation sites is 1. The predicted molar refractivity (Wildman–Crippen MR) is 74.8 cm³/mol. The fraction of sp³-hybridized carbons (Fsp3) is 0.231. The molecule has 2 rings (SSSR count). The van der Waals surface area contributed by atoms with Crippen molar-refractivity contribution in [1.29, 1.82) is 0 Å². The standard InChI is InChI=1S/C13H14BrN3O/c1-9-12(14)13(15-2)17-11(16-9)8-18-10-6-4-3-5-7-10/h3-7H,8H2,1-2H3,(H,15,16,17). The first kappa shape index (κ1) is 12.8. The van der Waals surface area contributed by atoms with Crippen molar-refractivity contribution in [2.45, 2.75) is 13.5 Å². The van der Waals surface area contributed by atoms with Gasteiger partial charge in [0, 0.05) is 7.05 Å². The molecule has 1 aromatic carbocycles. The van der Waals surface area contributed by atoms with Crippen LogP contribution < -0.4 is 10.1 Å². The van der Waals surface area contributed by atoms with E-state index in [-0.39, 0.29) is 0 Å². The monoisotopic (exact) mass is 307 g/mol. The van der Waals surface area contributed by atoms with Crippen LogP contribution in [0.4, 0.5) is 5.82 Å². The maximum Gasteiger partial charge on any atom is 0.168 e. The van der Waals surface area contributed by atoms with Gasteiger partial charge in [0.15, 0.2) is 5.82 Å². The summed E-state index contributed by atoms with van der Waals surface area (Å²) in [6.07, 6.45) is 0. The Bertz CT molecular complexity index is 531. The number of ether oxygens (including phenoxy) is 1. The van der Waals surface area contributed by atoms with E-state index in [2.05, 4.69) is 31.2 Å². The molecule has 1 heterocycles. The van der Waals surface area contributed by atoms with E-state index in [1.807, 2.05) is 44.3 Å². The zero-order valence-electron chi connectivity index (χ0n) is 10.3. The van der Waals surface area contributed by atoms with Crippen LogP contribution in [-0.4, -0.2) is 17.0 Å². The molecule has 0 radical (unpaired) electrons. The number of hydrogen-bond donors (Lipinski definition) is 1. The van der Waals surface area contributed by atoms with Crippen LogP contribution in [0.15, 0.2) is 34.8 Å². The first-order chi connectivity index (χ1) is 8.70. The van der Waals surface area contributed by atoms with Crippen LogP contribution in [-0.2, 0) is 6.61 Å². The second-order valence-corrected chi connectivity index (χ2v) is 4.53. The minimum Gasteiger partial charge on any atom is -0.486 e. The molecule has 2 aromatic rings. The van der Waals surface area contributed by atoms with Crippen LogP contribution in [0.2, 0.25) is 0 Å². The molecule has 0 bridgehead atoms. The number of anilines is 1. The van der Waals surface area contributed by atoms with Crippen molar-refractivity contribution >= 4 is 21.7 Å². The Morgan fingerprint density at radius 3 is 2.61 bits per heavy atom. The van der Waals surface area contributed by atoms with E-state index in [0.717, 1.165) is 21.7 Å². The number of benzene rings is 1. The third-order valence-electron chi connectivity index (χ3n) is 2.41. The van der Waals surface area contributed by atoms with E-state index in [4.69, 9.17) is 4.74 Å². The molecular weight excluding hydrogens is 294 g/mol. The van der Waals surface area contributed by atoms with Crippen molar-refractivity contribution in [1.82, 2.24) is 9.97 Å². The van der Waals surface area contributed by atoms with Gasteiger partial charge in [0.05, 0.1) is 10.2 Å². The Morgan fingerprint density at radius 2 is 1.94 bits per heavy atom. The molecule has 0 aliphatic rings. The van der Waals surface area contributed by atoms with Gasteiger partial charge in [-0.15, -0.1) is 0 Å². The number of rotatable bonds is 4. The van der Waals surface area contributed by atoms with Crippen molar-refractivity contribution in [3.63, 3.8) is 0 Å². The number of nitrogens with zero attached hydrogens (tertiary/aromatic N) is 2. The molecule has 0 aliphatic heterocycles. The second-order valence-electron chi connectivity index (χ2n) is 3.74. The summed E-state index contributed by atoms with van der Waals surface area (Å²) in [7, 11) is 1.83. The highest BCUT2D eigenvalue weighted by Gasteiger charge is 2.08. The number of halogens is 1. The molecule has 94 valence electrons. The lowest BCUT2D eigenvalue weighted by Gasteiger charge is -2.09. The lowest BCUT2D eigenvalue weighted by Crippen LogP contribution is -2.06. The molecule has 0 aliphatic carbocycles. The van der Waals surface area contributed by atoms with Gasteiger partial charge in [-0.3, -0.25) is 0 Å². The predicted octanol–water partition coefficient (Wildman–Crippen LogP) is 3.17. The fourth-order valence-electron chi connectivity index (χ4n) is 1.51. The van der Waals surface area contributed by atoms with Crippen LogP contribution in [0, 0.1) is 6.92 Å². The van der Waals surface area contributed by atoms with Gasteiger partial charge in [-0.2, -0.15) is 0 Å². The number of aromatic nitrogens is 2. The third-order valence-corrected chi connectivity index (χ3v) is 3.36. The normalized spacial score (nSPS) is 10.2. The van der Waals surface area contributed by atoms with E-state index in [1.165, 1.54) is 0 Å². The molecule has 0 saturated heterocycles. The summed E-state index contributed by atoms with van der Waals surface area (Å²) < 4.78 is 6.50. The second kappa shape index (κ2) is 5.82. The first-order valence-corrected chi connectivity index (χ1v) is 6.38. The Morgan fingerprint density at radius 1 is 1.22 bits per heavy atom. The average Bonchev–Trinajstić information content (AvgIpc) is 2.41. The molecule has 0 atom stereocenters. The van der Waals surface area contributed by atoms with Crippen molar-refractivity contribution in [2.24, 2.45) is 0 Å². The summed E-state index contributed by atoms with van der Waals surface area (Å²) in [6.45, 7) is 2.28. The van der Waals surface area contributed by atoms with Gasteiger partial charge >= 0.3 is 0 Å². The molecule has 0 unspecified atom stereocenters. The average molecular weight is 308 g/mol. The Kier molecular flexibility index (Phi) is 4.15. The van der Waals surface area contributed by atoms with Crippen molar-refractivity contribution in [2.75, 3.05) is 12.4 Å². The summed E-state index contributed by atoms with van der Waals surface area (Å²) in [4.78, 5) is 8.75. The topological polar surface area (TPSA) is 47.0 Å². The van der Waals surface area contributed by atoms with Crippen molar-refractivity contribution in [3.05, 3.63) is 46.3 Å². The van der Waals surface area contributed by atoms with Gasteiger partial charge in [-0.1, -0.05) is 18.2 Å². The van der Waals surface area contributed by atoms with Crippen LogP contribution in [0.25, 0.3) is 0 Å². The zero-order valence-corrected chi connectivity index (χ0v) is 11.9. The maximum atomic E-state index is 5.62. The highest BCUT2D eigenvalue weighted by atomic mass is 79.9. The van der Waals surface area contributed by atoms with Crippen LogP contribution >= 0.6 is 15.9 Å². The van der Waals surface area contributed by atoms with Gasteiger partial charge in [-0.05, 0) is 35.0 Å². The molecule has 18 heavy (non-hydrogen) atoms. The van der Waals surface area contributed by atoms with E-state index in [1.54, 1.807) is 0 Å². The molecule has 0 amide bonds. The molecule has 0 saturated carbocycles. The third kappa shape index (κ3) is 2.98. The van der Waals surface area contributed by atoms with Crippen molar-refractivity contribution < 1.29 is 4.74 Å². The summed E-state index contributed by atoms with van der Waals surface area (Å²) in [5, 5.41) is 3.02. The largest absolute Gasteiger partial charge is 0.486 e. The Balaban J connectivity index is 2.13. The van der Waals surface area contributed by atoms with Gasteiger partial charge < -0.3 is 10.1 Å². The number of aryl methyl sites for hydroxylation is 1. The number of hydrogen-bond acceptors (Lipinski definition) is 4. The molecule has 0 fully saturated rings. The summed E-state index contributed by atoms with van der Waals surface area (Å²) in [5.74, 6) is 2.24. The Hall–Kier alpha value is -1.62. The SMILES string of the molecule is CNc1nc(COc2ccccc2)nc(C)c1Br.